The van der Waals surface area contributed by atoms with Crippen molar-refractivity contribution in [2.45, 2.75) is 89.4 Å². The van der Waals surface area contributed by atoms with Crippen LogP contribution in [0.15, 0.2) is 0 Å². The maximum absolute atomic E-state index is 10.7. The first-order valence-electron chi connectivity index (χ1n) is 9.05. The van der Waals surface area contributed by atoms with E-state index in [0.717, 1.165) is 18.8 Å². The zero-order valence-electron chi connectivity index (χ0n) is 15.1. The van der Waals surface area contributed by atoms with Gasteiger partial charge in [-0.2, -0.15) is 12.6 Å². The van der Waals surface area contributed by atoms with E-state index in [4.69, 9.17) is 4.74 Å². The van der Waals surface area contributed by atoms with E-state index in [-0.39, 0.29) is 11.7 Å². The summed E-state index contributed by atoms with van der Waals surface area (Å²) in [5.74, 6) is 0.749. The summed E-state index contributed by atoms with van der Waals surface area (Å²) in [4.78, 5) is 10.7. The van der Waals surface area contributed by atoms with Crippen LogP contribution in [0.3, 0.4) is 0 Å². The third-order valence-corrected chi connectivity index (χ3v) is 4.80. The molecule has 0 atom stereocenters. The average molecular weight is 437 g/mol. The Morgan fingerprint density at radius 1 is 1.00 bits per heavy atom. The van der Waals surface area contributed by atoms with Gasteiger partial charge in [-0.3, -0.25) is 4.79 Å². The molecule has 0 unspecified atom stereocenters. The van der Waals surface area contributed by atoms with E-state index in [2.05, 4.69) is 33.4 Å². The van der Waals surface area contributed by atoms with Crippen LogP contribution in [0, 0.1) is 5.92 Å². The van der Waals surface area contributed by atoms with Crippen LogP contribution in [-0.4, -0.2) is 40.9 Å². The Morgan fingerprint density at radius 3 is 2.14 bits per heavy atom. The number of thiol groups is 1. The van der Waals surface area contributed by atoms with Gasteiger partial charge >= 0.3 is 78.4 Å². The summed E-state index contributed by atoms with van der Waals surface area (Å²) in [5.41, 5.74) is 0. The fourth-order valence-electron chi connectivity index (χ4n) is 1.99. The van der Waals surface area contributed by atoms with Crippen LogP contribution in [-0.2, 0) is 9.53 Å². The molecular weight excluding hydrogens is 399 g/mol. The maximum atomic E-state index is 10.7. The molecule has 0 amide bonds. The second-order valence-electron chi connectivity index (χ2n) is 6.18. The Morgan fingerprint density at radius 2 is 1.59 bits per heavy atom. The molecule has 0 saturated carbocycles. The minimum absolute atomic E-state index is 0.187. The normalized spacial score (nSPS) is 10.3. The number of ether oxygens (including phenoxy) is 1. The van der Waals surface area contributed by atoms with Crippen LogP contribution >= 0.6 is 12.6 Å². The van der Waals surface area contributed by atoms with Gasteiger partial charge in [0.15, 0.2) is 0 Å². The monoisotopic (exact) mass is 438 g/mol. The van der Waals surface area contributed by atoms with Gasteiger partial charge in [-0.1, -0.05) is 33.1 Å². The van der Waals surface area contributed by atoms with Crippen molar-refractivity contribution in [3.8, 4) is 0 Å². The molecular formula is C18H38O2SSn. The molecule has 0 N–H and O–H groups in total. The van der Waals surface area contributed by atoms with E-state index >= 15 is 0 Å². The molecule has 0 rings (SSSR count). The van der Waals surface area contributed by atoms with Gasteiger partial charge in [0.05, 0.1) is 12.4 Å². The first kappa shape index (κ1) is 24.9. The van der Waals surface area contributed by atoms with Crippen molar-refractivity contribution in [1.29, 1.82) is 0 Å². The van der Waals surface area contributed by atoms with E-state index in [1.807, 2.05) is 0 Å². The van der Waals surface area contributed by atoms with E-state index in [1.165, 1.54) is 78.3 Å². The zero-order chi connectivity index (χ0) is 17.1. The SMILES string of the molecule is CC(C)CCCCCOC(=O)CS.CCCCCCC[CH2][SnH]. The summed E-state index contributed by atoms with van der Waals surface area (Å²) in [6.45, 7) is 7.27. The van der Waals surface area contributed by atoms with Crippen molar-refractivity contribution >= 4 is 41.1 Å². The molecule has 0 saturated heterocycles. The van der Waals surface area contributed by atoms with Gasteiger partial charge in [-0.05, 0) is 12.3 Å². The second-order valence-corrected chi connectivity index (χ2v) is 8.14. The fraction of sp³-hybridized carbons (Fsp3) is 0.944. The Hall–Kier alpha value is 0.619. The van der Waals surface area contributed by atoms with Crippen molar-refractivity contribution < 1.29 is 9.53 Å². The van der Waals surface area contributed by atoms with Crippen LogP contribution < -0.4 is 0 Å². The Kier molecular flexibility index (Phi) is 24.4. The summed E-state index contributed by atoms with van der Waals surface area (Å²) in [6.07, 6.45) is 13.4. The van der Waals surface area contributed by atoms with Crippen LogP contribution in [0.1, 0.15) is 85.0 Å². The van der Waals surface area contributed by atoms with Crippen molar-refractivity contribution in [2.24, 2.45) is 5.92 Å². The Labute approximate surface area is 158 Å². The molecule has 0 aromatic rings. The quantitative estimate of drug-likeness (QED) is 0.182. The standard InChI is InChI=1S/C10H20O2S.C8H17.Sn.H/c1-9(2)6-4-3-5-7-12-10(11)8-13;1-3-5-7-8-6-4-2;;/h9,13H,3-8H2,1-2H3;1,3-8H2,2H3;;. The number of rotatable bonds is 13. The molecule has 0 fully saturated rings. The Balaban J connectivity index is 0. The van der Waals surface area contributed by atoms with Gasteiger partial charge < -0.3 is 4.74 Å². The van der Waals surface area contributed by atoms with Crippen LogP contribution in [0.4, 0.5) is 0 Å². The summed E-state index contributed by atoms with van der Waals surface area (Å²) in [6, 6.07) is 0. The summed E-state index contributed by atoms with van der Waals surface area (Å²) < 4.78 is 6.38. The number of carbonyl (C=O) groups excluding carboxylic acids is 1. The molecule has 0 aliphatic rings. The van der Waals surface area contributed by atoms with Crippen LogP contribution in [0.2, 0.25) is 4.44 Å². The predicted octanol–water partition coefficient (Wildman–Crippen LogP) is 5.34. The molecule has 0 heterocycles. The number of esters is 1. The molecule has 0 aliphatic carbocycles. The number of hydrogen-bond donors (Lipinski definition) is 1. The number of carbonyl (C=O) groups is 1. The van der Waals surface area contributed by atoms with Crippen molar-refractivity contribution in [2.75, 3.05) is 12.4 Å². The Bertz CT molecular complexity index is 217. The molecule has 0 bridgehead atoms. The summed E-state index contributed by atoms with van der Waals surface area (Å²) in [7, 11) is 0. The average Bonchev–Trinajstić information content (AvgIpc) is 2.50. The first-order valence-corrected chi connectivity index (χ1v) is 12.0. The van der Waals surface area contributed by atoms with E-state index in [9.17, 15) is 4.79 Å². The molecule has 0 aliphatic heterocycles. The van der Waals surface area contributed by atoms with Gasteiger partial charge in [0.1, 0.15) is 0 Å². The van der Waals surface area contributed by atoms with Crippen LogP contribution in [0.5, 0.6) is 0 Å². The topological polar surface area (TPSA) is 26.3 Å². The van der Waals surface area contributed by atoms with Crippen molar-refractivity contribution in [1.82, 2.24) is 0 Å². The van der Waals surface area contributed by atoms with Crippen LogP contribution in [0.25, 0.3) is 0 Å². The predicted molar refractivity (Wildman–Crippen MR) is 103 cm³/mol. The molecule has 2 nitrogen and oxygen atoms in total. The van der Waals surface area contributed by atoms with E-state index < -0.39 is 0 Å². The summed E-state index contributed by atoms with van der Waals surface area (Å²) in [5, 5.41) is 0. The van der Waals surface area contributed by atoms with Gasteiger partial charge in [0, 0.05) is 0 Å². The van der Waals surface area contributed by atoms with Gasteiger partial charge in [-0.25, -0.2) is 0 Å². The fourth-order valence-corrected chi connectivity index (χ4v) is 2.90. The number of unbranched alkanes of at least 4 members (excludes halogenated alkanes) is 7. The van der Waals surface area contributed by atoms with E-state index in [0.29, 0.717) is 6.61 Å². The van der Waals surface area contributed by atoms with Gasteiger partial charge in [0.2, 0.25) is 0 Å². The molecule has 0 aromatic carbocycles. The third kappa shape index (κ3) is 25.6. The van der Waals surface area contributed by atoms with Gasteiger partial charge in [-0.15, -0.1) is 0 Å². The molecule has 2 radical (unpaired) electrons. The second kappa shape index (κ2) is 21.6. The summed E-state index contributed by atoms with van der Waals surface area (Å²) >= 11 is 5.27. The first-order chi connectivity index (χ1) is 10.6. The van der Waals surface area contributed by atoms with E-state index in [1.54, 1.807) is 0 Å². The van der Waals surface area contributed by atoms with Crippen molar-refractivity contribution in [3.05, 3.63) is 0 Å². The zero-order valence-corrected chi connectivity index (χ0v) is 19.3. The molecule has 22 heavy (non-hydrogen) atoms. The molecule has 0 spiro atoms. The van der Waals surface area contributed by atoms with Crippen molar-refractivity contribution in [3.63, 3.8) is 0 Å². The molecule has 132 valence electrons. The minimum atomic E-state index is -0.216. The third-order valence-electron chi connectivity index (χ3n) is 3.38. The number of hydrogen-bond acceptors (Lipinski definition) is 3. The molecule has 0 aromatic heterocycles. The molecule has 4 heteroatoms. The van der Waals surface area contributed by atoms with Gasteiger partial charge in [0.25, 0.3) is 0 Å².